The molecule has 2 unspecified atom stereocenters. The first-order chi connectivity index (χ1) is 30.9. The summed E-state index contributed by atoms with van der Waals surface area (Å²) in [6, 6.07) is 31.8. The normalized spacial score (nSPS) is 12.8. The van der Waals surface area contributed by atoms with Crippen LogP contribution in [-0.4, -0.2) is 31.9 Å². The van der Waals surface area contributed by atoms with E-state index in [1.165, 1.54) is 50.3 Å². The van der Waals surface area contributed by atoms with Gasteiger partial charge in [0.2, 0.25) is 0 Å². The van der Waals surface area contributed by atoms with Gasteiger partial charge in [0, 0.05) is 11.1 Å². The topological polar surface area (TPSA) is 119 Å². The van der Waals surface area contributed by atoms with E-state index >= 15 is 0 Å². The Labute approximate surface area is 376 Å². The molecule has 63 heavy (non-hydrogen) atoms. The summed E-state index contributed by atoms with van der Waals surface area (Å²) in [5.41, 5.74) is 11.9. The molecule has 2 atom stereocenters. The lowest BCUT2D eigenvalue weighted by molar-refractivity contribution is 0.233. The van der Waals surface area contributed by atoms with Crippen LogP contribution in [0.4, 0.5) is 22.7 Å². The maximum Gasteiger partial charge on any atom is 0.119 e. The average Bonchev–Trinajstić information content (AvgIpc) is 3.82. The second kappa shape index (κ2) is 22.4. The molecule has 0 saturated carbocycles. The maximum absolute atomic E-state index is 6.09. The fraction of sp³-hybridized carbons (Fsp3) is 0.385. The standard InChI is InChI=1S/C52H60N8O2S/c1-7-13-15-35(9-3)33-61-43-29-25-41(26-30-43)57-55-39-21-17-37(18-22-39)47-49-50(54-46(12-6)45(11-5)53-49)48(52-51(47)59-63-60-52)38-19-23-40(24-20-38)56-58-42-27-31-44(32-28-42)62-34-36(10-4)16-14-8-2/h17-32,35-36H,7-16,33-34H2,1-6H3. The number of benzene rings is 5. The zero-order valence-corrected chi connectivity index (χ0v) is 38.5. The zero-order chi connectivity index (χ0) is 44.0. The van der Waals surface area contributed by atoms with Crippen molar-refractivity contribution in [3.8, 4) is 33.8 Å². The average molecular weight is 861 g/mol. The Hall–Kier alpha value is -5.94. The molecule has 0 radical (unpaired) electrons. The lowest BCUT2D eigenvalue weighted by Gasteiger charge is -2.15. The Morgan fingerprint density at radius 1 is 0.460 bits per heavy atom. The van der Waals surface area contributed by atoms with Gasteiger partial charge in [-0.2, -0.15) is 29.2 Å². The van der Waals surface area contributed by atoms with E-state index in [2.05, 4.69) is 86.3 Å². The van der Waals surface area contributed by atoms with Gasteiger partial charge in [0.05, 0.1) is 70.1 Å². The lowest BCUT2D eigenvalue weighted by Crippen LogP contribution is -2.11. The number of aryl methyl sites for hydroxylation is 2. The molecule has 0 fully saturated rings. The van der Waals surface area contributed by atoms with Crippen LogP contribution < -0.4 is 9.47 Å². The molecule has 0 aliphatic rings. The van der Waals surface area contributed by atoms with Crippen molar-refractivity contribution in [2.75, 3.05) is 13.2 Å². The second-order valence-electron chi connectivity index (χ2n) is 16.2. The zero-order valence-electron chi connectivity index (χ0n) is 37.7. The number of nitrogens with zero attached hydrogens (tertiary/aromatic N) is 8. The van der Waals surface area contributed by atoms with E-state index in [4.69, 9.17) is 28.2 Å². The van der Waals surface area contributed by atoms with Crippen LogP contribution in [0.15, 0.2) is 118 Å². The number of ether oxygens (including phenoxy) is 2. The summed E-state index contributed by atoms with van der Waals surface area (Å²) in [6.07, 6.45) is 11.1. The molecule has 11 heteroatoms. The van der Waals surface area contributed by atoms with Gasteiger partial charge in [-0.1, -0.05) is 104 Å². The van der Waals surface area contributed by atoms with Crippen molar-refractivity contribution >= 4 is 56.5 Å². The molecule has 0 saturated heterocycles. The van der Waals surface area contributed by atoms with Crippen molar-refractivity contribution in [2.45, 2.75) is 106 Å². The van der Waals surface area contributed by atoms with Gasteiger partial charge in [0.1, 0.15) is 22.5 Å². The number of aromatic nitrogens is 4. The van der Waals surface area contributed by atoms with E-state index in [0.29, 0.717) is 11.8 Å². The van der Waals surface area contributed by atoms with Crippen LogP contribution in [0, 0.1) is 11.8 Å². The molecule has 0 amide bonds. The molecule has 2 heterocycles. The van der Waals surface area contributed by atoms with Gasteiger partial charge in [-0.05, 0) is 121 Å². The summed E-state index contributed by atoms with van der Waals surface area (Å²) >= 11 is 1.20. The monoisotopic (exact) mass is 860 g/mol. The predicted molar refractivity (Wildman–Crippen MR) is 259 cm³/mol. The SMILES string of the molecule is CCCCC(CC)COc1ccc(N=Nc2ccc(-c3c4nsnc4c(-c4ccc(N=Nc5ccc(OCC(CC)CCCC)cc5)cc4)c4nc(CC)c(CC)nc34)cc2)cc1. The lowest BCUT2D eigenvalue weighted by atomic mass is 9.94. The van der Waals surface area contributed by atoms with Gasteiger partial charge in [0.25, 0.3) is 0 Å². The molecular weight excluding hydrogens is 801 g/mol. The van der Waals surface area contributed by atoms with Crippen molar-refractivity contribution in [1.29, 1.82) is 0 Å². The van der Waals surface area contributed by atoms with Crippen molar-refractivity contribution in [2.24, 2.45) is 32.3 Å². The minimum absolute atomic E-state index is 0.581. The summed E-state index contributed by atoms with van der Waals surface area (Å²) < 4.78 is 21.9. The Bertz CT molecular complexity index is 2410. The molecule has 0 N–H and O–H groups in total. The van der Waals surface area contributed by atoms with Gasteiger partial charge in [-0.3, -0.25) is 0 Å². The minimum Gasteiger partial charge on any atom is -0.493 e. The summed E-state index contributed by atoms with van der Waals surface area (Å²) in [7, 11) is 0. The van der Waals surface area contributed by atoms with Crippen LogP contribution in [-0.2, 0) is 12.8 Å². The summed E-state index contributed by atoms with van der Waals surface area (Å²) in [5, 5.41) is 18.1. The van der Waals surface area contributed by atoms with Crippen molar-refractivity contribution in [3.05, 3.63) is 108 Å². The Kier molecular flexibility index (Phi) is 16.1. The molecule has 2 aromatic heterocycles. The molecule has 0 aliphatic heterocycles. The first kappa shape index (κ1) is 45.1. The van der Waals surface area contributed by atoms with Gasteiger partial charge in [-0.15, -0.1) is 0 Å². The largest absolute Gasteiger partial charge is 0.493 e. The fourth-order valence-electron chi connectivity index (χ4n) is 7.77. The quantitative estimate of drug-likeness (QED) is 0.0626. The van der Waals surface area contributed by atoms with Crippen LogP contribution in [0.1, 0.15) is 104 Å². The highest BCUT2D eigenvalue weighted by molar-refractivity contribution is 7.00. The Balaban J connectivity index is 1.11. The molecular formula is C52H60N8O2S. The van der Waals surface area contributed by atoms with Crippen molar-refractivity contribution in [1.82, 2.24) is 18.7 Å². The molecule has 0 bridgehead atoms. The van der Waals surface area contributed by atoms with Gasteiger partial charge < -0.3 is 9.47 Å². The first-order valence-corrected chi connectivity index (χ1v) is 23.7. The van der Waals surface area contributed by atoms with E-state index in [1.54, 1.807) is 0 Å². The highest BCUT2D eigenvalue weighted by Gasteiger charge is 2.23. The number of fused-ring (bicyclic) bond motifs is 2. The fourth-order valence-corrected chi connectivity index (χ4v) is 8.33. The van der Waals surface area contributed by atoms with Crippen LogP contribution in [0.3, 0.4) is 0 Å². The molecule has 7 rings (SSSR count). The molecule has 0 spiro atoms. The second-order valence-corrected chi connectivity index (χ2v) is 16.7. The Morgan fingerprint density at radius 2 is 0.810 bits per heavy atom. The third kappa shape index (κ3) is 11.4. The number of rotatable bonds is 22. The van der Waals surface area contributed by atoms with Gasteiger partial charge >= 0.3 is 0 Å². The minimum atomic E-state index is 0.581. The third-order valence-electron chi connectivity index (χ3n) is 11.8. The molecule has 0 aliphatic carbocycles. The van der Waals surface area contributed by atoms with Crippen LogP contribution in [0.5, 0.6) is 11.5 Å². The van der Waals surface area contributed by atoms with Gasteiger partial charge in [-0.25, -0.2) is 9.97 Å². The van der Waals surface area contributed by atoms with Crippen LogP contribution in [0.25, 0.3) is 44.3 Å². The highest BCUT2D eigenvalue weighted by Crippen LogP contribution is 2.42. The molecule has 326 valence electrons. The van der Waals surface area contributed by atoms with Crippen LogP contribution in [0.2, 0.25) is 0 Å². The Morgan fingerprint density at radius 3 is 1.13 bits per heavy atom. The maximum atomic E-state index is 6.09. The number of hydrogen-bond acceptors (Lipinski definition) is 11. The summed E-state index contributed by atoms with van der Waals surface area (Å²) in [6.45, 7) is 14.7. The number of unbranched alkanes of at least 4 members (excludes halogenated alkanes) is 2. The van der Waals surface area contributed by atoms with Gasteiger partial charge in [0.15, 0.2) is 0 Å². The van der Waals surface area contributed by atoms with E-state index < -0.39 is 0 Å². The highest BCUT2D eigenvalue weighted by atomic mass is 32.1. The number of hydrogen-bond donors (Lipinski definition) is 0. The van der Waals surface area contributed by atoms with Crippen LogP contribution >= 0.6 is 11.7 Å². The van der Waals surface area contributed by atoms with E-state index in [1.807, 2.05) is 72.8 Å². The van der Waals surface area contributed by atoms with E-state index in [0.717, 1.165) is 129 Å². The summed E-state index contributed by atoms with van der Waals surface area (Å²) in [5.74, 6) is 2.88. The smallest absolute Gasteiger partial charge is 0.119 e. The first-order valence-electron chi connectivity index (χ1n) is 22.9. The van der Waals surface area contributed by atoms with E-state index in [9.17, 15) is 0 Å². The van der Waals surface area contributed by atoms with E-state index in [-0.39, 0.29) is 0 Å². The molecule has 7 aromatic rings. The predicted octanol–water partition coefficient (Wildman–Crippen LogP) is 16.1. The van der Waals surface area contributed by atoms with Crippen molar-refractivity contribution in [3.63, 3.8) is 0 Å². The summed E-state index contributed by atoms with van der Waals surface area (Å²) in [4.78, 5) is 10.6. The molecule has 10 nitrogen and oxygen atoms in total. The third-order valence-corrected chi connectivity index (χ3v) is 12.3. The molecule has 5 aromatic carbocycles. The number of azo groups is 2. The van der Waals surface area contributed by atoms with Crippen molar-refractivity contribution < 1.29 is 9.47 Å².